The van der Waals surface area contributed by atoms with Gasteiger partial charge in [-0.15, -0.1) is 0 Å². The molecule has 1 unspecified atom stereocenters. The van der Waals surface area contributed by atoms with Gasteiger partial charge in [-0.3, -0.25) is 4.98 Å². The van der Waals surface area contributed by atoms with E-state index in [-0.39, 0.29) is 6.04 Å². The Kier molecular flexibility index (Phi) is 4.63. The number of anilines is 1. The van der Waals surface area contributed by atoms with Crippen molar-refractivity contribution in [3.8, 4) is 11.1 Å². The molecule has 3 nitrogen and oxygen atoms in total. The van der Waals surface area contributed by atoms with E-state index in [1.165, 1.54) is 0 Å². The molecule has 0 saturated carbocycles. The quantitative estimate of drug-likeness (QED) is 0.730. The Morgan fingerprint density at radius 3 is 2.71 bits per heavy atom. The molecule has 3 aromatic rings. The Morgan fingerprint density at radius 1 is 1.17 bits per heavy atom. The van der Waals surface area contributed by atoms with Crippen molar-refractivity contribution in [3.05, 3.63) is 59.1 Å². The minimum absolute atomic E-state index is 0.0209. The van der Waals surface area contributed by atoms with E-state index in [9.17, 15) is 0 Å². The molecular weight excluding hydrogens is 294 g/mol. The molecule has 2 aromatic carbocycles. The maximum absolute atomic E-state index is 6.32. The van der Waals surface area contributed by atoms with Gasteiger partial charge < -0.3 is 11.5 Å². The lowest BCUT2D eigenvalue weighted by Gasteiger charge is -2.09. The van der Waals surface area contributed by atoms with Gasteiger partial charge in [-0.25, -0.2) is 0 Å². The summed E-state index contributed by atoms with van der Waals surface area (Å²) in [5.41, 5.74) is 16.4. The normalized spacial score (nSPS) is 14.3. The van der Waals surface area contributed by atoms with E-state index in [4.69, 9.17) is 11.5 Å². The largest absolute Gasteiger partial charge is 0.398 e. The summed E-state index contributed by atoms with van der Waals surface area (Å²) in [5.74, 6) is 0. The number of fused-ring (bicyclic) bond motifs is 1. The number of nitrogens with two attached hydrogens (primary N) is 2. The first kappa shape index (κ1) is 16.2. The molecule has 0 fully saturated rings. The molecule has 0 saturated heterocycles. The van der Waals surface area contributed by atoms with Crippen LogP contribution < -0.4 is 21.9 Å². The molecule has 3 rings (SSSR count). The van der Waals surface area contributed by atoms with Crippen molar-refractivity contribution in [2.75, 3.05) is 5.73 Å². The molecule has 0 amide bonds. The number of rotatable bonds is 3. The van der Waals surface area contributed by atoms with Gasteiger partial charge in [0, 0.05) is 28.5 Å². The summed E-state index contributed by atoms with van der Waals surface area (Å²) in [4.78, 5) is 4.44. The molecule has 0 aliphatic rings. The van der Waals surface area contributed by atoms with E-state index in [1.807, 2.05) is 49.5 Å². The lowest BCUT2D eigenvalue weighted by atomic mass is 9.98. The Morgan fingerprint density at radius 2 is 1.96 bits per heavy atom. The number of pyridine rings is 1. The number of benzene rings is 2. The monoisotopic (exact) mass is 317 g/mol. The molecule has 0 radical (unpaired) electrons. The van der Waals surface area contributed by atoms with Gasteiger partial charge in [-0.2, -0.15) is 0 Å². The van der Waals surface area contributed by atoms with Crippen molar-refractivity contribution >= 4 is 28.7 Å². The number of nitrogen functional groups attached to an aromatic ring is 1. The third-order valence-corrected chi connectivity index (χ3v) is 4.36. The highest BCUT2D eigenvalue weighted by molar-refractivity contribution is 5.94. The van der Waals surface area contributed by atoms with Gasteiger partial charge >= 0.3 is 0 Å². The summed E-state index contributed by atoms with van der Waals surface area (Å²) < 4.78 is 0. The second-order valence-corrected chi connectivity index (χ2v) is 5.97. The molecule has 24 heavy (non-hydrogen) atoms. The smallest absolute Gasteiger partial charge is 0.0708 e. The maximum Gasteiger partial charge on any atom is 0.0708 e. The summed E-state index contributed by atoms with van der Waals surface area (Å²) in [5, 5.41) is 3.25. The Balaban J connectivity index is 2.31. The molecule has 0 bridgehead atoms. The van der Waals surface area contributed by atoms with Crippen molar-refractivity contribution in [1.29, 1.82) is 0 Å². The summed E-state index contributed by atoms with van der Waals surface area (Å²) in [7, 11) is 0. The van der Waals surface area contributed by atoms with E-state index in [0.717, 1.165) is 44.6 Å². The number of aromatic nitrogens is 1. The molecule has 1 aromatic heterocycles. The first-order chi connectivity index (χ1) is 11.6. The standard InChI is InChI=1S/C21H23N3/c1-3-16(22)12-14-11-15(13-20(23)17(14)4-2)18-9-10-24-21-8-6-5-7-19(18)21/h4-13,16H,3,22-23H2,1-2H3/b14-12-,17-4+. The fraction of sp³-hybridized carbons (Fsp3) is 0.190. The van der Waals surface area contributed by atoms with Crippen LogP contribution in [-0.4, -0.2) is 11.0 Å². The topological polar surface area (TPSA) is 64.9 Å². The number of nitrogens with zero attached hydrogens (tertiary/aromatic N) is 1. The SMILES string of the molecule is C/C=c1/c(N)cc(-c2ccnc3ccccc23)c/c1=C/C(N)CC. The summed E-state index contributed by atoms with van der Waals surface area (Å²) >= 11 is 0. The molecule has 1 atom stereocenters. The molecular formula is C21H23N3. The molecule has 0 aliphatic carbocycles. The number of hydrogen-bond acceptors (Lipinski definition) is 3. The Hall–Kier alpha value is -2.65. The van der Waals surface area contributed by atoms with Crippen LogP contribution in [0.15, 0.2) is 48.7 Å². The van der Waals surface area contributed by atoms with Gasteiger partial charge in [0.15, 0.2) is 0 Å². The van der Waals surface area contributed by atoms with Crippen molar-refractivity contribution < 1.29 is 0 Å². The third kappa shape index (κ3) is 3.03. The van der Waals surface area contributed by atoms with Crippen LogP contribution >= 0.6 is 0 Å². The van der Waals surface area contributed by atoms with Crippen LogP contribution in [0.4, 0.5) is 5.69 Å². The Bertz CT molecular complexity index is 984. The van der Waals surface area contributed by atoms with Crippen LogP contribution in [0.25, 0.3) is 34.2 Å². The minimum atomic E-state index is 0.0209. The zero-order valence-corrected chi connectivity index (χ0v) is 14.2. The van der Waals surface area contributed by atoms with Crippen LogP contribution in [0.5, 0.6) is 0 Å². The molecule has 1 heterocycles. The van der Waals surface area contributed by atoms with Crippen LogP contribution in [0.3, 0.4) is 0 Å². The fourth-order valence-corrected chi connectivity index (χ4v) is 3.02. The van der Waals surface area contributed by atoms with E-state index >= 15 is 0 Å². The highest BCUT2D eigenvalue weighted by Gasteiger charge is 2.06. The van der Waals surface area contributed by atoms with Crippen LogP contribution in [0.2, 0.25) is 0 Å². The number of hydrogen-bond donors (Lipinski definition) is 2. The first-order valence-electron chi connectivity index (χ1n) is 8.31. The average Bonchev–Trinajstić information content (AvgIpc) is 2.60. The van der Waals surface area contributed by atoms with E-state index in [0.29, 0.717) is 0 Å². The van der Waals surface area contributed by atoms with Crippen LogP contribution in [0.1, 0.15) is 20.3 Å². The third-order valence-electron chi connectivity index (χ3n) is 4.36. The first-order valence-corrected chi connectivity index (χ1v) is 8.31. The summed E-state index contributed by atoms with van der Waals surface area (Å²) in [6.45, 7) is 4.09. The minimum Gasteiger partial charge on any atom is -0.398 e. The lowest BCUT2D eigenvalue weighted by molar-refractivity contribution is 0.815. The lowest BCUT2D eigenvalue weighted by Crippen LogP contribution is -2.31. The van der Waals surface area contributed by atoms with Crippen molar-refractivity contribution in [2.24, 2.45) is 5.73 Å². The van der Waals surface area contributed by atoms with E-state index in [2.05, 4.69) is 30.1 Å². The highest BCUT2D eigenvalue weighted by Crippen LogP contribution is 2.26. The molecule has 0 spiro atoms. The second kappa shape index (κ2) is 6.85. The molecule has 0 aliphatic heterocycles. The van der Waals surface area contributed by atoms with E-state index in [1.54, 1.807) is 0 Å². The van der Waals surface area contributed by atoms with E-state index < -0.39 is 0 Å². The van der Waals surface area contributed by atoms with Gasteiger partial charge in [0.2, 0.25) is 0 Å². The van der Waals surface area contributed by atoms with Crippen LogP contribution in [-0.2, 0) is 0 Å². The maximum atomic E-state index is 6.32. The molecule has 3 heteroatoms. The van der Waals surface area contributed by atoms with Gasteiger partial charge in [-0.1, -0.05) is 37.3 Å². The predicted octanol–water partition coefficient (Wildman–Crippen LogP) is 2.80. The molecule has 122 valence electrons. The van der Waals surface area contributed by atoms with Crippen molar-refractivity contribution in [1.82, 2.24) is 4.98 Å². The fourth-order valence-electron chi connectivity index (χ4n) is 3.02. The predicted molar refractivity (Wildman–Crippen MR) is 104 cm³/mol. The van der Waals surface area contributed by atoms with Gasteiger partial charge in [0.25, 0.3) is 0 Å². The van der Waals surface area contributed by atoms with Gasteiger partial charge in [0.05, 0.1) is 5.52 Å². The van der Waals surface area contributed by atoms with Crippen molar-refractivity contribution in [2.45, 2.75) is 26.3 Å². The molecule has 4 N–H and O–H groups in total. The second-order valence-electron chi connectivity index (χ2n) is 5.97. The van der Waals surface area contributed by atoms with Gasteiger partial charge in [-0.05, 0) is 54.0 Å². The zero-order valence-electron chi connectivity index (χ0n) is 14.2. The van der Waals surface area contributed by atoms with Gasteiger partial charge in [0.1, 0.15) is 0 Å². The summed E-state index contributed by atoms with van der Waals surface area (Å²) in [6, 6.07) is 14.4. The Labute approximate surface area is 142 Å². The highest BCUT2D eigenvalue weighted by atomic mass is 14.6. The summed E-state index contributed by atoms with van der Waals surface area (Å²) in [6.07, 6.45) is 6.87. The van der Waals surface area contributed by atoms with Crippen molar-refractivity contribution in [3.63, 3.8) is 0 Å². The zero-order chi connectivity index (χ0) is 17.1. The average molecular weight is 317 g/mol. The van der Waals surface area contributed by atoms with Crippen LogP contribution in [0, 0.1) is 0 Å². The number of para-hydroxylation sites is 1.